The van der Waals surface area contributed by atoms with Gasteiger partial charge in [0, 0.05) is 25.4 Å². The highest BCUT2D eigenvalue weighted by atomic mass is 16.3. The Bertz CT molecular complexity index is 330. The minimum absolute atomic E-state index is 0.392. The molecule has 2 rings (SSSR count). The van der Waals surface area contributed by atoms with Crippen molar-refractivity contribution >= 4 is 5.84 Å². The fraction of sp³-hybridized carbons (Fsp3) is 0.615. The van der Waals surface area contributed by atoms with Crippen LogP contribution in [0.1, 0.15) is 38.4 Å². The number of hydrogen-bond acceptors (Lipinski definition) is 3. The van der Waals surface area contributed by atoms with Gasteiger partial charge in [-0.25, -0.2) is 0 Å². The first-order valence-corrected chi connectivity index (χ1v) is 6.17. The van der Waals surface area contributed by atoms with E-state index in [9.17, 15) is 0 Å². The number of hydrogen-bond donors (Lipinski definition) is 1. The lowest BCUT2D eigenvalue weighted by Gasteiger charge is -2.15. The van der Waals surface area contributed by atoms with E-state index in [2.05, 4.69) is 17.2 Å². The van der Waals surface area contributed by atoms with E-state index in [1.165, 1.54) is 25.1 Å². The Hall–Kier alpha value is -1.25. The summed E-state index contributed by atoms with van der Waals surface area (Å²) in [6.07, 6.45) is 7.55. The maximum atomic E-state index is 5.34. The molecule has 1 aromatic rings. The molecule has 0 saturated heterocycles. The first-order chi connectivity index (χ1) is 7.84. The summed E-state index contributed by atoms with van der Waals surface area (Å²) in [6, 6.07) is 4.35. The van der Waals surface area contributed by atoms with Crippen molar-refractivity contribution in [2.24, 2.45) is 4.99 Å². The number of furan rings is 1. The van der Waals surface area contributed by atoms with Crippen LogP contribution < -0.4 is 5.32 Å². The molecule has 2 heterocycles. The Morgan fingerprint density at radius 3 is 3.19 bits per heavy atom. The third-order valence-electron chi connectivity index (χ3n) is 2.87. The number of rotatable bonds is 3. The summed E-state index contributed by atoms with van der Waals surface area (Å²) >= 11 is 0. The van der Waals surface area contributed by atoms with E-state index < -0.39 is 0 Å². The van der Waals surface area contributed by atoms with Crippen LogP contribution in [0, 0.1) is 0 Å². The van der Waals surface area contributed by atoms with Crippen molar-refractivity contribution in [2.45, 2.75) is 45.1 Å². The van der Waals surface area contributed by atoms with Gasteiger partial charge >= 0.3 is 0 Å². The predicted molar refractivity (Wildman–Crippen MR) is 65.8 cm³/mol. The minimum Gasteiger partial charge on any atom is -0.469 e. The highest BCUT2D eigenvalue weighted by Crippen LogP contribution is 2.08. The molecule has 0 radical (unpaired) electrons. The molecular weight excluding hydrogens is 200 g/mol. The molecule has 3 heteroatoms. The second kappa shape index (κ2) is 5.73. The normalized spacial score (nSPS) is 18.7. The smallest absolute Gasteiger partial charge is 0.105 e. The molecule has 3 nitrogen and oxygen atoms in total. The van der Waals surface area contributed by atoms with Crippen LogP contribution in [0.25, 0.3) is 0 Å². The summed E-state index contributed by atoms with van der Waals surface area (Å²) in [5, 5.41) is 3.49. The highest BCUT2D eigenvalue weighted by Gasteiger charge is 2.09. The van der Waals surface area contributed by atoms with Gasteiger partial charge < -0.3 is 9.73 Å². The van der Waals surface area contributed by atoms with E-state index in [0.29, 0.717) is 6.04 Å². The molecular formula is C13H20N2O. The third kappa shape index (κ3) is 3.40. The van der Waals surface area contributed by atoms with Crippen molar-refractivity contribution in [3.8, 4) is 0 Å². The molecule has 1 aliphatic heterocycles. The molecule has 1 unspecified atom stereocenters. The van der Waals surface area contributed by atoms with E-state index in [0.717, 1.165) is 25.1 Å². The zero-order chi connectivity index (χ0) is 11.2. The van der Waals surface area contributed by atoms with E-state index >= 15 is 0 Å². The zero-order valence-electron chi connectivity index (χ0n) is 9.91. The molecule has 88 valence electrons. The monoisotopic (exact) mass is 220 g/mol. The summed E-state index contributed by atoms with van der Waals surface area (Å²) in [7, 11) is 0. The fourth-order valence-corrected chi connectivity index (χ4v) is 2.06. The Kier molecular flexibility index (Phi) is 4.03. The second-order valence-corrected chi connectivity index (χ2v) is 4.47. The van der Waals surface area contributed by atoms with Crippen LogP contribution >= 0.6 is 0 Å². The molecule has 0 bridgehead atoms. The summed E-state index contributed by atoms with van der Waals surface area (Å²) in [4.78, 5) is 4.57. The molecule has 1 N–H and O–H groups in total. The van der Waals surface area contributed by atoms with Crippen LogP contribution in [-0.2, 0) is 6.42 Å². The Labute approximate surface area is 96.9 Å². The number of amidine groups is 1. The molecule has 1 atom stereocenters. The maximum absolute atomic E-state index is 5.34. The van der Waals surface area contributed by atoms with Gasteiger partial charge in [0.05, 0.1) is 12.1 Å². The first-order valence-electron chi connectivity index (χ1n) is 6.17. The number of nitrogens with one attached hydrogen (secondary N) is 1. The van der Waals surface area contributed by atoms with Crippen molar-refractivity contribution in [1.82, 2.24) is 5.32 Å². The molecule has 16 heavy (non-hydrogen) atoms. The average molecular weight is 220 g/mol. The van der Waals surface area contributed by atoms with Crippen LogP contribution in [0.15, 0.2) is 27.8 Å². The Morgan fingerprint density at radius 2 is 2.38 bits per heavy atom. The minimum atomic E-state index is 0.392. The van der Waals surface area contributed by atoms with Gasteiger partial charge in [0.25, 0.3) is 0 Å². The summed E-state index contributed by atoms with van der Waals surface area (Å²) in [6.45, 7) is 3.16. The molecule has 0 saturated carbocycles. The van der Waals surface area contributed by atoms with Gasteiger partial charge in [0.1, 0.15) is 5.76 Å². The summed E-state index contributed by atoms with van der Waals surface area (Å²) in [5.41, 5.74) is 0. The van der Waals surface area contributed by atoms with Crippen molar-refractivity contribution in [1.29, 1.82) is 0 Å². The molecule has 0 aromatic carbocycles. The van der Waals surface area contributed by atoms with Gasteiger partial charge in [-0.2, -0.15) is 0 Å². The fourth-order valence-electron chi connectivity index (χ4n) is 2.06. The molecule has 0 amide bonds. The Balaban J connectivity index is 1.81. The number of nitrogens with zero attached hydrogens (tertiary/aromatic N) is 1. The van der Waals surface area contributed by atoms with Gasteiger partial charge in [0.15, 0.2) is 0 Å². The van der Waals surface area contributed by atoms with E-state index in [-0.39, 0.29) is 0 Å². The molecule has 1 aliphatic rings. The van der Waals surface area contributed by atoms with Gasteiger partial charge in [-0.05, 0) is 31.9 Å². The van der Waals surface area contributed by atoms with Crippen LogP contribution in [0.3, 0.4) is 0 Å². The molecule has 0 aliphatic carbocycles. The van der Waals surface area contributed by atoms with Crippen LogP contribution in [0.4, 0.5) is 0 Å². The predicted octanol–water partition coefficient (Wildman–Crippen LogP) is 2.77. The van der Waals surface area contributed by atoms with Crippen LogP contribution in [-0.4, -0.2) is 18.4 Å². The van der Waals surface area contributed by atoms with E-state index in [1.807, 2.05) is 12.1 Å². The SMILES string of the molecule is CC(Cc1ccco1)NC1=NCCCCC1. The van der Waals surface area contributed by atoms with Crippen molar-refractivity contribution in [3.05, 3.63) is 24.2 Å². The molecule has 0 spiro atoms. The lowest BCUT2D eigenvalue weighted by atomic mass is 10.1. The van der Waals surface area contributed by atoms with Crippen molar-refractivity contribution in [3.63, 3.8) is 0 Å². The third-order valence-corrected chi connectivity index (χ3v) is 2.87. The van der Waals surface area contributed by atoms with Crippen LogP contribution in [0.5, 0.6) is 0 Å². The molecule has 0 fully saturated rings. The van der Waals surface area contributed by atoms with Gasteiger partial charge in [-0.15, -0.1) is 0 Å². The van der Waals surface area contributed by atoms with Gasteiger partial charge in [-0.3, -0.25) is 4.99 Å². The van der Waals surface area contributed by atoms with E-state index in [4.69, 9.17) is 4.42 Å². The summed E-state index contributed by atoms with van der Waals surface area (Å²) in [5.74, 6) is 2.21. The van der Waals surface area contributed by atoms with Gasteiger partial charge in [-0.1, -0.05) is 6.42 Å². The second-order valence-electron chi connectivity index (χ2n) is 4.47. The van der Waals surface area contributed by atoms with Gasteiger partial charge in [0.2, 0.25) is 0 Å². The topological polar surface area (TPSA) is 37.5 Å². The highest BCUT2D eigenvalue weighted by molar-refractivity contribution is 5.82. The largest absolute Gasteiger partial charge is 0.469 e. The standard InChI is InChI=1S/C13H20N2O/c1-11(10-12-6-5-9-16-12)15-13-7-3-2-4-8-14-13/h5-6,9,11H,2-4,7-8,10H2,1H3,(H,14,15). The van der Waals surface area contributed by atoms with Crippen LogP contribution in [0.2, 0.25) is 0 Å². The van der Waals surface area contributed by atoms with E-state index in [1.54, 1.807) is 6.26 Å². The lowest BCUT2D eigenvalue weighted by molar-refractivity contribution is 0.481. The quantitative estimate of drug-likeness (QED) is 0.850. The summed E-state index contributed by atoms with van der Waals surface area (Å²) < 4.78 is 5.34. The lowest BCUT2D eigenvalue weighted by Crippen LogP contribution is -2.33. The zero-order valence-corrected chi connectivity index (χ0v) is 9.91. The van der Waals surface area contributed by atoms with Crippen molar-refractivity contribution in [2.75, 3.05) is 6.54 Å². The maximum Gasteiger partial charge on any atom is 0.105 e. The molecule has 1 aromatic heterocycles. The Morgan fingerprint density at radius 1 is 1.44 bits per heavy atom. The first kappa shape index (κ1) is 11.2. The van der Waals surface area contributed by atoms with Crippen molar-refractivity contribution < 1.29 is 4.42 Å². The number of aliphatic imine (C=N–C) groups is 1. The average Bonchev–Trinajstić information content (AvgIpc) is 2.62.